The van der Waals surface area contributed by atoms with E-state index in [4.69, 9.17) is 14.7 Å². The van der Waals surface area contributed by atoms with Gasteiger partial charge in [-0.15, -0.1) is 11.3 Å². The number of hydrogen-bond acceptors (Lipinski definition) is 11. The Balaban J connectivity index is 0.841. The van der Waals surface area contributed by atoms with Crippen LogP contribution in [0.25, 0.3) is 33.4 Å². The van der Waals surface area contributed by atoms with Gasteiger partial charge in [-0.3, -0.25) is 39.0 Å². The molecule has 3 aliphatic carbocycles. The second-order valence-corrected chi connectivity index (χ2v) is 25.2. The van der Waals surface area contributed by atoms with Crippen molar-refractivity contribution in [2.45, 2.75) is 173 Å². The first kappa shape index (κ1) is 48.3. The molecular weight excluding hydrogens is 923 g/mol. The van der Waals surface area contributed by atoms with Crippen LogP contribution in [0, 0.1) is 22.7 Å². The van der Waals surface area contributed by atoms with Crippen molar-refractivity contribution in [3.63, 3.8) is 0 Å². The number of pyridine rings is 1. The van der Waals surface area contributed by atoms with Crippen molar-refractivity contribution in [2.24, 2.45) is 22.7 Å². The summed E-state index contributed by atoms with van der Waals surface area (Å²) in [5.41, 5.74) is 10.2. The first-order valence-electron chi connectivity index (χ1n) is 27.7. The zero-order valence-electron chi connectivity index (χ0n) is 43.2. The van der Waals surface area contributed by atoms with E-state index < -0.39 is 17.5 Å². The van der Waals surface area contributed by atoms with Gasteiger partial charge in [0.2, 0.25) is 11.8 Å². The average Bonchev–Trinajstić information content (AvgIpc) is 4.31. The number of hydrazine groups is 1. The highest BCUT2D eigenvalue weighted by atomic mass is 32.1. The van der Waals surface area contributed by atoms with Gasteiger partial charge in [0.25, 0.3) is 5.91 Å². The fourth-order valence-electron chi connectivity index (χ4n) is 14.0. The predicted octanol–water partition coefficient (Wildman–Crippen LogP) is 7.73. The van der Waals surface area contributed by atoms with Crippen molar-refractivity contribution in [3.05, 3.63) is 58.2 Å². The standard InChI is InChI=1S/C57H75N9O5S/c1-6-64-45-20-17-37-27-40(45)41(50(64)39-13-9-23-58-47(39)34(2)3)29-56(4,5)33-71-55(70)42-14-10-24-65(61-42)53(68)43(28-46-59-44(37)30-72-46)60-52(67)49(35-11-7-8-12-35)62-25-21-57(31-62)22-26-63(32-57)54(69)51-48(36-15-16-36)66(51)38-18-19-38/h9,13,17,20,23,27,30,34-36,38,42-43,48-49,51,61H,6-8,10-12,14-16,18-19,21-22,24-26,28-29,31-33H2,1-5H3,(H,60,67)/t42-,43-,48+,49-,51+,57-,66?/m0/s1. The summed E-state index contributed by atoms with van der Waals surface area (Å²) in [4.78, 5) is 75.6. The molecule has 384 valence electrons. The van der Waals surface area contributed by atoms with Gasteiger partial charge >= 0.3 is 5.97 Å². The number of fused-ring (bicyclic) bond motifs is 6. The average molecular weight is 998 g/mol. The molecule has 8 heterocycles. The van der Waals surface area contributed by atoms with Gasteiger partial charge in [-0.25, -0.2) is 10.4 Å². The normalized spacial score (nSPS) is 29.6. The van der Waals surface area contributed by atoms with Crippen molar-refractivity contribution in [1.29, 1.82) is 0 Å². The van der Waals surface area contributed by atoms with E-state index in [1.165, 1.54) is 42.6 Å². The lowest BCUT2D eigenvalue weighted by Gasteiger charge is -2.37. The lowest BCUT2D eigenvalue weighted by molar-refractivity contribution is -0.155. The molecule has 14 nitrogen and oxygen atoms in total. The van der Waals surface area contributed by atoms with Crippen LogP contribution in [0.1, 0.15) is 134 Å². The highest BCUT2D eigenvalue weighted by Gasteiger charge is 2.64. The monoisotopic (exact) mass is 998 g/mol. The highest BCUT2D eigenvalue weighted by Crippen LogP contribution is 2.53. The van der Waals surface area contributed by atoms with Gasteiger partial charge < -0.3 is 19.5 Å². The second kappa shape index (κ2) is 18.9. The third kappa shape index (κ3) is 9.09. The van der Waals surface area contributed by atoms with Crippen LogP contribution in [0.5, 0.6) is 0 Å². The Hall–Kier alpha value is -4.70. The number of rotatable bonds is 10. The van der Waals surface area contributed by atoms with E-state index in [1.807, 2.05) is 12.3 Å². The number of amides is 3. The third-order valence-electron chi connectivity index (χ3n) is 17.9. The quantitative estimate of drug-likeness (QED) is 0.120. The Labute approximate surface area is 429 Å². The number of ether oxygens (including phenoxy) is 1. The molecule has 12 rings (SSSR count). The summed E-state index contributed by atoms with van der Waals surface area (Å²) in [6, 6.07) is 10.0. The minimum absolute atomic E-state index is 0.0228. The summed E-state index contributed by atoms with van der Waals surface area (Å²) in [5.74, 6) is 0.698. The molecule has 3 amide bonds. The van der Waals surface area contributed by atoms with Gasteiger partial charge in [0, 0.05) is 95.7 Å². The smallest absolute Gasteiger partial charge is 0.324 e. The van der Waals surface area contributed by atoms with E-state index in [0.29, 0.717) is 49.7 Å². The summed E-state index contributed by atoms with van der Waals surface area (Å²) < 4.78 is 8.62. The van der Waals surface area contributed by atoms with Crippen LogP contribution in [0.3, 0.4) is 0 Å². The van der Waals surface area contributed by atoms with Crippen LogP contribution in [0.15, 0.2) is 41.9 Å². The Morgan fingerprint density at radius 2 is 1.78 bits per heavy atom. The fraction of sp³-hybridized carbons (Fsp3) is 0.649. The number of hydrogen-bond donors (Lipinski definition) is 2. The largest absolute Gasteiger partial charge is 0.464 e. The van der Waals surface area contributed by atoms with Gasteiger partial charge in [0.05, 0.1) is 34.7 Å². The molecule has 1 aromatic carbocycles. The van der Waals surface area contributed by atoms with Gasteiger partial charge in [-0.05, 0) is 132 Å². The van der Waals surface area contributed by atoms with Gasteiger partial charge in [0.1, 0.15) is 18.1 Å². The van der Waals surface area contributed by atoms with Crippen molar-refractivity contribution >= 4 is 45.9 Å². The molecule has 7 atom stereocenters. The molecule has 2 N–H and O–H groups in total. The third-order valence-corrected chi connectivity index (χ3v) is 18.8. The zero-order valence-corrected chi connectivity index (χ0v) is 44.0. The number of nitrogens with one attached hydrogen (secondary N) is 2. The van der Waals surface area contributed by atoms with Gasteiger partial charge in [-0.1, -0.05) is 46.6 Å². The first-order chi connectivity index (χ1) is 34.8. The minimum Gasteiger partial charge on any atom is -0.464 e. The van der Waals surface area contributed by atoms with Crippen LogP contribution in [0.2, 0.25) is 0 Å². The highest BCUT2D eigenvalue weighted by molar-refractivity contribution is 7.10. The Morgan fingerprint density at radius 1 is 0.972 bits per heavy atom. The molecule has 7 fully saturated rings. The topological polar surface area (TPSA) is 145 Å². The molecule has 15 heteroatoms. The summed E-state index contributed by atoms with van der Waals surface area (Å²) >= 11 is 1.52. The summed E-state index contributed by atoms with van der Waals surface area (Å²) in [5, 5.41) is 8.89. The first-order valence-corrected chi connectivity index (χ1v) is 28.6. The number of aryl methyl sites for hydroxylation is 1. The second-order valence-electron chi connectivity index (χ2n) is 24.2. The predicted molar refractivity (Wildman–Crippen MR) is 279 cm³/mol. The van der Waals surface area contributed by atoms with E-state index in [2.05, 4.69) is 94.3 Å². The molecule has 5 aliphatic heterocycles. The molecule has 3 aromatic heterocycles. The molecule has 8 aliphatic rings. The maximum atomic E-state index is 15.2. The van der Waals surface area contributed by atoms with Crippen molar-refractivity contribution in [1.82, 2.24) is 45.0 Å². The molecule has 1 spiro atoms. The van der Waals surface area contributed by atoms with Crippen LogP contribution in [-0.4, -0.2) is 134 Å². The number of cyclic esters (lactones) is 1. The maximum absolute atomic E-state index is 15.2. The number of aromatic nitrogens is 3. The molecule has 6 bridgehead atoms. The van der Waals surface area contributed by atoms with E-state index >= 15 is 4.79 Å². The van der Waals surface area contributed by atoms with Gasteiger partial charge in [-0.2, -0.15) is 0 Å². The number of thiazole rings is 1. The van der Waals surface area contributed by atoms with Crippen LogP contribution >= 0.6 is 11.3 Å². The Kier molecular flexibility index (Phi) is 12.7. The van der Waals surface area contributed by atoms with E-state index in [0.717, 1.165) is 115 Å². The summed E-state index contributed by atoms with van der Waals surface area (Å²) in [6.45, 7) is 15.4. The number of likely N-dealkylation sites (tertiary alicyclic amines) is 2. The molecule has 0 radical (unpaired) electrons. The zero-order chi connectivity index (χ0) is 49.6. The number of benzene rings is 1. The Morgan fingerprint density at radius 3 is 2.54 bits per heavy atom. The minimum atomic E-state index is -0.908. The van der Waals surface area contributed by atoms with Crippen molar-refractivity contribution < 1.29 is 23.9 Å². The van der Waals surface area contributed by atoms with Crippen LogP contribution in [0.4, 0.5) is 0 Å². The Bertz CT molecular complexity index is 2740. The van der Waals surface area contributed by atoms with E-state index in [1.54, 1.807) is 5.01 Å². The molecule has 4 saturated heterocycles. The van der Waals surface area contributed by atoms with E-state index in [-0.39, 0.29) is 60.1 Å². The summed E-state index contributed by atoms with van der Waals surface area (Å²) in [7, 11) is 0. The number of carbonyl (C=O) groups is 4. The fourth-order valence-corrected chi connectivity index (χ4v) is 14.8. The molecular formula is C57H75N9O5S. The number of esters is 1. The maximum Gasteiger partial charge on any atom is 0.324 e. The summed E-state index contributed by atoms with van der Waals surface area (Å²) in [6.07, 6.45) is 15.0. The molecule has 72 heavy (non-hydrogen) atoms. The number of carbonyl (C=O) groups excluding carboxylic acids is 4. The van der Waals surface area contributed by atoms with Gasteiger partial charge in [0.15, 0.2) is 0 Å². The molecule has 3 saturated carbocycles. The van der Waals surface area contributed by atoms with Crippen molar-refractivity contribution in [2.75, 3.05) is 39.3 Å². The van der Waals surface area contributed by atoms with E-state index in [9.17, 15) is 14.4 Å². The number of nitrogens with zero attached hydrogens (tertiary/aromatic N) is 7. The van der Waals surface area contributed by atoms with Crippen LogP contribution < -0.4 is 10.7 Å². The molecule has 4 aromatic rings. The van der Waals surface area contributed by atoms with Crippen molar-refractivity contribution in [3.8, 4) is 22.5 Å². The van der Waals surface area contributed by atoms with Crippen LogP contribution in [-0.2, 0) is 43.3 Å². The SMILES string of the molecule is CCn1c(-c2cccnc2C(C)C)c2c3cc(ccc31)-c1csc(n1)C[C@H](NC(=O)[C@H](C1CCCC1)N1CC[C@]3(CCN(C(=O)[C@H]4[C@@H](C5CC5)N4C4CC4)C3)C1)C(=O)N1CCC[C@H](N1)C(=O)OCC(C)(C)C2. The lowest BCUT2D eigenvalue weighted by Crippen LogP contribution is -2.62. The molecule has 1 unspecified atom stereocenters. The lowest BCUT2D eigenvalue weighted by atomic mass is 9.84.